The summed E-state index contributed by atoms with van der Waals surface area (Å²) in [6, 6.07) is 11.1. The molecule has 102 valence electrons. The van der Waals surface area contributed by atoms with E-state index in [0.29, 0.717) is 6.04 Å². The SMILES string of the molecule is CCNC(CCc1ccccc1)c1nc(C)c(C)s1. The Kier molecular flexibility index (Phi) is 5.11. The second-order valence-corrected chi connectivity index (χ2v) is 6.06. The molecule has 1 unspecified atom stereocenters. The molecular formula is C16H22N2S. The predicted octanol–water partition coefficient (Wildman–Crippen LogP) is 4.04. The molecule has 0 spiro atoms. The van der Waals surface area contributed by atoms with Crippen LogP contribution in [0.15, 0.2) is 30.3 Å². The van der Waals surface area contributed by atoms with Crippen molar-refractivity contribution in [1.29, 1.82) is 0 Å². The van der Waals surface area contributed by atoms with E-state index < -0.39 is 0 Å². The second-order valence-electron chi connectivity index (χ2n) is 4.83. The Morgan fingerprint density at radius 2 is 1.95 bits per heavy atom. The third-order valence-electron chi connectivity index (χ3n) is 3.36. The summed E-state index contributed by atoms with van der Waals surface area (Å²) >= 11 is 1.82. The van der Waals surface area contributed by atoms with E-state index in [0.717, 1.165) is 19.4 Å². The molecule has 0 aliphatic heterocycles. The molecule has 19 heavy (non-hydrogen) atoms. The van der Waals surface area contributed by atoms with Crippen LogP contribution in [-0.4, -0.2) is 11.5 Å². The lowest BCUT2D eigenvalue weighted by Gasteiger charge is -2.15. The minimum absolute atomic E-state index is 0.377. The predicted molar refractivity (Wildman–Crippen MR) is 82.8 cm³/mol. The molecule has 0 aliphatic carbocycles. The first kappa shape index (κ1) is 14.2. The maximum Gasteiger partial charge on any atom is 0.110 e. The van der Waals surface area contributed by atoms with Gasteiger partial charge < -0.3 is 5.32 Å². The summed E-state index contributed by atoms with van der Waals surface area (Å²) < 4.78 is 0. The molecule has 0 amide bonds. The Morgan fingerprint density at radius 1 is 1.21 bits per heavy atom. The van der Waals surface area contributed by atoms with Crippen molar-refractivity contribution >= 4 is 11.3 Å². The highest BCUT2D eigenvalue weighted by atomic mass is 32.1. The standard InChI is InChI=1S/C16H22N2S/c1-4-17-15(16-18-12(2)13(3)19-16)11-10-14-8-6-5-7-9-14/h5-9,15,17H,4,10-11H2,1-3H3. The Balaban J connectivity index is 2.04. The number of nitrogens with zero attached hydrogens (tertiary/aromatic N) is 1. The van der Waals surface area contributed by atoms with Crippen molar-refractivity contribution in [3.8, 4) is 0 Å². The number of benzene rings is 1. The molecule has 2 nitrogen and oxygen atoms in total. The maximum atomic E-state index is 4.70. The Bertz CT molecular complexity index is 485. The van der Waals surface area contributed by atoms with Crippen molar-refractivity contribution in [1.82, 2.24) is 10.3 Å². The van der Waals surface area contributed by atoms with Gasteiger partial charge in [-0.3, -0.25) is 0 Å². The Morgan fingerprint density at radius 3 is 2.53 bits per heavy atom. The summed E-state index contributed by atoms with van der Waals surface area (Å²) in [6.07, 6.45) is 2.19. The van der Waals surface area contributed by atoms with E-state index >= 15 is 0 Å². The molecule has 0 aliphatic rings. The maximum absolute atomic E-state index is 4.70. The number of aryl methyl sites for hydroxylation is 3. The number of thiazole rings is 1. The highest BCUT2D eigenvalue weighted by Gasteiger charge is 2.15. The van der Waals surface area contributed by atoms with Crippen molar-refractivity contribution in [2.75, 3.05) is 6.54 Å². The molecular weight excluding hydrogens is 252 g/mol. The fourth-order valence-electron chi connectivity index (χ4n) is 2.16. The summed E-state index contributed by atoms with van der Waals surface area (Å²) in [5.74, 6) is 0. The molecule has 1 aromatic heterocycles. The number of aromatic nitrogens is 1. The van der Waals surface area contributed by atoms with E-state index in [1.807, 2.05) is 11.3 Å². The molecule has 3 heteroatoms. The molecule has 1 N–H and O–H groups in total. The van der Waals surface area contributed by atoms with Gasteiger partial charge in [-0.25, -0.2) is 4.98 Å². The van der Waals surface area contributed by atoms with Gasteiger partial charge in [-0.05, 0) is 38.8 Å². The minimum Gasteiger partial charge on any atom is -0.308 e. The highest BCUT2D eigenvalue weighted by molar-refractivity contribution is 7.11. The van der Waals surface area contributed by atoms with Gasteiger partial charge in [-0.2, -0.15) is 0 Å². The summed E-state index contributed by atoms with van der Waals surface area (Å²) in [7, 11) is 0. The monoisotopic (exact) mass is 274 g/mol. The lowest BCUT2D eigenvalue weighted by molar-refractivity contribution is 0.512. The second kappa shape index (κ2) is 6.83. The number of hydrogen-bond donors (Lipinski definition) is 1. The lowest BCUT2D eigenvalue weighted by atomic mass is 10.1. The summed E-state index contributed by atoms with van der Waals surface area (Å²) in [6.45, 7) is 7.38. The molecule has 0 radical (unpaired) electrons. The lowest BCUT2D eigenvalue weighted by Crippen LogP contribution is -2.21. The third-order valence-corrected chi connectivity index (χ3v) is 4.54. The molecule has 1 atom stereocenters. The fraction of sp³-hybridized carbons (Fsp3) is 0.438. The first-order valence-corrected chi connectivity index (χ1v) is 7.73. The molecule has 1 aromatic carbocycles. The zero-order valence-electron chi connectivity index (χ0n) is 11.9. The van der Waals surface area contributed by atoms with Gasteiger partial charge >= 0.3 is 0 Å². The average molecular weight is 274 g/mol. The van der Waals surface area contributed by atoms with Crippen LogP contribution in [-0.2, 0) is 6.42 Å². The summed E-state index contributed by atoms with van der Waals surface area (Å²) in [4.78, 5) is 6.03. The van der Waals surface area contributed by atoms with Crippen molar-refractivity contribution < 1.29 is 0 Å². The van der Waals surface area contributed by atoms with Crippen LogP contribution in [0.2, 0.25) is 0 Å². The van der Waals surface area contributed by atoms with Crippen LogP contribution in [0.25, 0.3) is 0 Å². The van der Waals surface area contributed by atoms with Gasteiger partial charge in [0.1, 0.15) is 5.01 Å². The molecule has 0 bridgehead atoms. The average Bonchev–Trinajstić information content (AvgIpc) is 2.76. The third kappa shape index (κ3) is 3.88. The normalized spacial score (nSPS) is 12.6. The molecule has 1 heterocycles. The zero-order chi connectivity index (χ0) is 13.7. The van der Waals surface area contributed by atoms with Crippen LogP contribution in [0.5, 0.6) is 0 Å². The number of hydrogen-bond acceptors (Lipinski definition) is 3. The molecule has 0 fully saturated rings. The summed E-state index contributed by atoms with van der Waals surface area (Å²) in [5.41, 5.74) is 2.57. The van der Waals surface area contributed by atoms with E-state index in [4.69, 9.17) is 4.98 Å². The Labute approximate surface area is 119 Å². The quantitative estimate of drug-likeness (QED) is 0.860. The van der Waals surface area contributed by atoms with Gasteiger partial charge in [0.05, 0.1) is 11.7 Å². The van der Waals surface area contributed by atoms with Crippen LogP contribution in [0.1, 0.15) is 40.5 Å². The van der Waals surface area contributed by atoms with Crippen molar-refractivity contribution in [3.63, 3.8) is 0 Å². The minimum atomic E-state index is 0.377. The number of nitrogens with one attached hydrogen (secondary N) is 1. The van der Waals surface area contributed by atoms with Crippen LogP contribution in [0.4, 0.5) is 0 Å². The van der Waals surface area contributed by atoms with Crippen molar-refractivity contribution in [2.24, 2.45) is 0 Å². The van der Waals surface area contributed by atoms with E-state index in [2.05, 4.69) is 56.4 Å². The first-order chi connectivity index (χ1) is 9.20. The van der Waals surface area contributed by atoms with Gasteiger partial charge in [0.2, 0.25) is 0 Å². The molecule has 2 aromatic rings. The van der Waals surface area contributed by atoms with Gasteiger partial charge in [-0.1, -0.05) is 37.3 Å². The van der Waals surface area contributed by atoms with E-state index in [1.165, 1.54) is 21.1 Å². The molecule has 2 rings (SSSR count). The molecule has 0 saturated heterocycles. The van der Waals surface area contributed by atoms with Crippen LogP contribution < -0.4 is 5.32 Å². The van der Waals surface area contributed by atoms with E-state index in [-0.39, 0.29) is 0 Å². The van der Waals surface area contributed by atoms with Crippen molar-refractivity contribution in [2.45, 2.75) is 39.7 Å². The zero-order valence-corrected chi connectivity index (χ0v) is 12.8. The van der Waals surface area contributed by atoms with E-state index in [1.54, 1.807) is 0 Å². The topological polar surface area (TPSA) is 24.9 Å². The van der Waals surface area contributed by atoms with Crippen LogP contribution in [0.3, 0.4) is 0 Å². The van der Waals surface area contributed by atoms with Crippen LogP contribution in [0, 0.1) is 13.8 Å². The van der Waals surface area contributed by atoms with E-state index in [9.17, 15) is 0 Å². The fourth-order valence-corrected chi connectivity index (χ4v) is 3.19. The van der Waals surface area contributed by atoms with Gasteiger partial charge in [0, 0.05) is 4.88 Å². The smallest absolute Gasteiger partial charge is 0.110 e. The highest BCUT2D eigenvalue weighted by Crippen LogP contribution is 2.26. The largest absolute Gasteiger partial charge is 0.308 e. The molecule has 0 saturated carbocycles. The van der Waals surface area contributed by atoms with Gasteiger partial charge in [0.15, 0.2) is 0 Å². The first-order valence-electron chi connectivity index (χ1n) is 6.92. The van der Waals surface area contributed by atoms with Gasteiger partial charge in [0.25, 0.3) is 0 Å². The summed E-state index contributed by atoms with van der Waals surface area (Å²) in [5, 5.41) is 4.79. The Hall–Kier alpha value is -1.19. The number of rotatable bonds is 6. The van der Waals surface area contributed by atoms with Crippen molar-refractivity contribution in [3.05, 3.63) is 51.5 Å². The van der Waals surface area contributed by atoms with Crippen LogP contribution >= 0.6 is 11.3 Å². The van der Waals surface area contributed by atoms with Gasteiger partial charge in [-0.15, -0.1) is 11.3 Å².